The van der Waals surface area contributed by atoms with Gasteiger partial charge in [-0.15, -0.1) is 0 Å². The van der Waals surface area contributed by atoms with E-state index in [2.05, 4.69) is 15.3 Å². The van der Waals surface area contributed by atoms with Gasteiger partial charge in [0.05, 0.1) is 22.7 Å². The molecule has 0 aliphatic carbocycles. The Labute approximate surface area is 163 Å². The SMILES string of the molecule is C[C@H](Sc1nc2ccccc2c(=O)[nH]1)C(=O)NCc1cc(=O)n(C)c(=O)n1C. The van der Waals surface area contributed by atoms with Crippen molar-refractivity contribution in [3.63, 3.8) is 0 Å². The fourth-order valence-corrected chi connectivity index (χ4v) is 3.44. The highest BCUT2D eigenvalue weighted by Gasteiger charge is 2.17. The van der Waals surface area contributed by atoms with Crippen LogP contribution in [0.1, 0.15) is 12.6 Å². The number of H-pyrrole nitrogens is 1. The third kappa shape index (κ3) is 3.91. The highest BCUT2D eigenvalue weighted by atomic mass is 32.2. The molecule has 1 atom stereocenters. The number of aromatic amines is 1. The number of thioether (sulfide) groups is 1. The topological polar surface area (TPSA) is 119 Å². The lowest BCUT2D eigenvalue weighted by atomic mass is 10.2. The first-order valence-electron chi connectivity index (χ1n) is 8.47. The molecule has 10 heteroatoms. The number of benzene rings is 1. The summed E-state index contributed by atoms with van der Waals surface area (Å²) in [6, 6.07) is 8.26. The van der Waals surface area contributed by atoms with Crippen LogP contribution >= 0.6 is 11.8 Å². The second-order valence-corrected chi connectivity index (χ2v) is 7.57. The summed E-state index contributed by atoms with van der Waals surface area (Å²) in [7, 11) is 2.92. The number of carbonyl (C=O) groups excluding carboxylic acids is 1. The molecule has 0 spiro atoms. The van der Waals surface area contributed by atoms with E-state index < -0.39 is 16.5 Å². The number of hydrogen-bond acceptors (Lipinski definition) is 6. The van der Waals surface area contributed by atoms with E-state index >= 15 is 0 Å². The van der Waals surface area contributed by atoms with Crippen LogP contribution in [-0.4, -0.2) is 30.3 Å². The number of para-hydroxylation sites is 1. The van der Waals surface area contributed by atoms with E-state index in [0.717, 1.165) is 16.3 Å². The van der Waals surface area contributed by atoms with Crippen LogP contribution in [0, 0.1) is 0 Å². The highest BCUT2D eigenvalue weighted by molar-refractivity contribution is 8.00. The summed E-state index contributed by atoms with van der Waals surface area (Å²) in [6.45, 7) is 1.71. The fourth-order valence-electron chi connectivity index (χ4n) is 2.61. The lowest BCUT2D eigenvalue weighted by molar-refractivity contribution is -0.120. The Morgan fingerprint density at radius 2 is 1.93 bits per heavy atom. The van der Waals surface area contributed by atoms with Crippen molar-refractivity contribution in [2.75, 3.05) is 0 Å². The number of nitrogens with zero attached hydrogens (tertiary/aromatic N) is 3. The first-order valence-corrected chi connectivity index (χ1v) is 9.35. The van der Waals surface area contributed by atoms with E-state index in [4.69, 9.17) is 0 Å². The maximum Gasteiger partial charge on any atom is 0.330 e. The molecule has 2 N–H and O–H groups in total. The summed E-state index contributed by atoms with van der Waals surface area (Å²) in [5.41, 5.74) is -0.215. The Morgan fingerprint density at radius 1 is 1.21 bits per heavy atom. The van der Waals surface area contributed by atoms with Crippen molar-refractivity contribution >= 4 is 28.6 Å². The molecule has 0 bridgehead atoms. The molecule has 9 nitrogen and oxygen atoms in total. The normalized spacial score (nSPS) is 12.1. The molecule has 0 fully saturated rings. The Hall–Kier alpha value is -3.14. The van der Waals surface area contributed by atoms with Gasteiger partial charge < -0.3 is 10.3 Å². The van der Waals surface area contributed by atoms with Gasteiger partial charge in [-0.3, -0.25) is 23.5 Å². The van der Waals surface area contributed by atoms with Crippen LogP contribution in [0.5, 0.6) is 0 Å². The maximum absolute atomic E-state index is 12.4. The molecule has 0 saturated carbocycles. The van der Waals surface area contributed by atoms with Gasteiger partial charge in [-0.05, 0) is 19.1 Å². The lowest BCUT2D eigenvalue weighted by Gasteiger charge is -2.13. The zero-order chi connectivity index (χ0) is 20.4. The van der Waals surface area contributed by atoms with Gasteiger partial charge in [0.1, 0.15) is 0 Å². The van der Waals surface area contributed by atoms with Crippen LogP contribution in [0.25, 0.3) is 10.9 Å². The smallest absolute Gasteiger partial charge is 0.330 e. The van der Waals surface area contributed by atoms with Crippen molar-refractivity contribution in [3.05, 3.63) is 67.2 Å². The predicted octanol–water partition coefficient (Wildman–Crippen LogP) is 0.118. The second-order valence-electron chi connectivity index (χ2n) is 6.24. The molecule has 28 heavy (non-hydrogen) atoms. The number of amides is 1. The van der Waals surface area contributed by atoms with E-state index in [-0.39, 0.29) is 18.0 Å². The van der Waals surface area contributed by atoms with Gasteiger partial charge in [-0.25, -0.2) is 9.78 Å². The van der Waals surface area contributed by atoms with Crippen molar-refractivity contribution in [3.8, 4) is 0 Å². The lowest BCUT2D eigenvalue weighted by Crippen LogP contribution is -2.40. The first kappa shape index (κ1) is 19.6. The average molecular weight is 401 g/mol. The summed E-state index contributed by atoms with van der Waals surface area (Å²) >= 11 is 1.12. The Kier molecular flexibility index (Phi) is 5.50. The van der Waals surface area contributed by atoms with Gasteiger partial charge >= 0.3 is 5.69 Å². The van der Waals surface area contributed by atoms with Crippen LogP contribution in [-0.2, 0) is 25.4 Å². The van der Waals surface area contributed by atoms with Crippen molar-refractivity contribution in [1.29, 1.82) is 0 Å². The quantitative estimate of drug-likeness (QED) is 0.463. The molecule has 0 radical (unpaired) electrons. The first-order chi connectivity index (χ1) is 13.3. The molecule has 146 valence electrons. The number of aromatic nitrogens is 4. The predicted molar refractivity (Wildman–Crippen MR) is 106 cm³/mol. The summed E-state index contributed by atoms with van der Waals surface area (Å²) in [4.78, 5) is 55.2. The van der Waals surface area contributed by atoms with E-state index in [1.165, 1.54) is 24.7 Å². The third-order valence-electron chi connectivity index (χ3n) is 4.32. The molecule has 0 aliphatic heterocycles. The summed E-state index contributed by atoms with van der Waals surface area (Å²) in [5.74, 6) is -0.311. The number of carbonyl (C=O) groups is 1. The third-order valence-corrected chi connectivity index (χ3v) is 5.30. The molecular formula is C18H19N5O4S. The molecule has 3 aromatic rings. The van der Waals surface area contributed by atoms with Gasteiger partial charge in [-0.1, -0.05) is 23.9 Å². The van der Waals surface area contributed by atoms with Crippen LogP contribution in [0.15, 0.2) is 49.9 Å². The highest BCUT2D eigenvalue weighted by Crippen LogP contribution is 2.20. The van der Waals surface area contributed by atoms with Crippen molar-refractivity contribution < 1.29 is 4.79 Å². The second kappa shape index (κ2) is 7.85. The van der Waals surface area contributed by atoms with Gasteiger partial charge in [0, 0.05) is 25.9 Å². The van der Waals surface area contributed by atoms with Crippen LogP contribution < -0.4 is 22.1 Å². The Morgan fingerprint density at radius 3 is 2.68 bits per heavy atom. The van der Waals surface area contributed by atoms with E-state index in [9.17, 15) is 19.2 Å². The molecule has 0 saturated heterocycles. The van der Waals surface area contributed by atoms with Crippen molar-refractivity contribution in [2.45, 2.75) is 23.9 Å². The van der Waals surface area contributed by atoms with Crippen LogP contribution in [0.3, 0.4) is 0 Å². The monoisotopic (exact) mass is 401 g/mol. The molecule has 3 rings (SSSR count). The molecule has 1 aromatic carbocycles. The number of rotatable bonds is 5. The summed E-state index contributed by atoms with van der Waals surface area (Å²) in [5, 5.41) is 2.97. The van der Waals surface area contributed by atoms with Gasteiger partial charge in [0.2, 0.25) is 5.91 Å². The van der Waals surface area contributed by atoms with E-state index in [1.54, 1.807) is 31.2 Å². The minimum absolute atomic E-state index is 0.0349. The Balaban J connectivity index is 1.71. The summed E-state index contributed by atoms with van der Waals surface area (Å²) < 4.78 is 2.30. The molecule has 0 aliphatic rings. The zero-order valence-corrected chi connectivity index (χ0v) is 16.4. The van der Waals surface area contributed by atoms with Crippen LogP contribution in [0.2, 0.25) is 0 Å². The summed E-state index contributed by atoms with van der Waals surface area (Å²) in [6.07, 6.45) is 0. The van der Waals surface area contributed by atoms with E-state index in [1.807, 2.05) is 0 Å². The number of hydrogen-bond donors (Lipinski definition) is 2. The van der Waals surface area contributed by atoms with Gasteiger partial charge in [0.25, 0.3) is 11.1 Å². The Bertz CT molecular complexity index is 1230. The molecule has 2 aromatic heterocycles. The minimum atomic E-state index is -0.548. The molecule has 0 unspecified atom stereocenters. The van der Waals surface area contributed by atoms with E-state index in [0.29, 0.717) is 21.8 Å². The van der Waals surface area contributed by atoms with Crippen molar-refractivity contribution in [2.24, 2.45) is 14.1 Å². The minimum Gasteiger partial charge on any atom is -0.350 e. The fraction of sp³-hybridized carbons (Fsp3) is 0.278. The molecule has 2 heterocycles. The standard InChI is InChI=1S/C18H19N5O4S/c1-10(28-17-20-13-7-5-4-6-12(13)16(26)21-17)15(25)19-9-11-8-14(24)23(3)18(27)22(11)2/h4-8,10H,9H2,1-3H3,(H,19,25)(H,20,21,26)/t10-/m0/s1. The molecular weight excluding hydrogens is 382 g/mol. The van der Waals surface area contributed by atoms with Crippen LogP contribution in [0.4, 0.5) is 0 Å². The average Bonchev–Trinajstić information content (AvgIpc) is 2.67. The van der Waals surface area contributed by atoms with Gasteiger partial charge in [-0.2, -0.15) is 0 Å². The molecule has 1 amide bonds. The van der Waals surface area contributed by atoms with Gasteiger partial charge in [0.15, 0.2) is 5.16 Å². The number of fused-ring (bicyclic) bond motifs is 1. The largest absolute Gasteiger partial charge is 0.350 e. The number of nitrogens with one attached hydrogen (secondary N) is 2. The maximum atomic E-state index is 12.4. The van der Waals surface area contributed by atoms with Crippen molar-refractivity contribution in [1.82, 2.24) is 24.4 Å². The zero-order valence-electron chi connectivity index (χ0n) is 15.6.